The quantitative estimate of drug-likeness (QED) is 0.809. The molecule has 5 nitrogen and oxygen atoms in total. The lowest BCUT2D eigenvalue weighted by Gasteiger charge is -2.24. The number of hydrogen-bond donors (Lipinski definition) is 1. The van der Waals surface area contributed by atoms with Crippen molar-refractivity contribution in [1.82, 2.24) is 9.88 Å². The van der Waals surface area contributed by atoms with Gasteiger partial charge in [-0.3, -0.25) is 4.79 Å². The van der Waals surface area contributed by atoms with Crippen molar-refractivity contribution in [3.8, 4) is 0 Å². The Morgan fingerprint density at radius 2 is 2.19 bits per heavy atom. The van der Waals surface area contributed by atoms with Gasteiger partial charge in [-0.25, -0.2) is 4.98 Å². The van der Waals surface area contributed by atoms with Crippen LogP contribution in [0, 0.1) is 0 Å². The van der Waals surface area contributed by atoms with Crippen LogP contribution in [0.4, 0.5) is 11.5 Å². The van der Waals surface area contributed by atoms with Crippen LogP contribution in [-0.2, 0) is 4.79 Å². The summed E-state index contributed by atoms with van der Waals surface area (Å²) in [6.45, 7) is 2.96. The van der Waals surface area contributed by atoms with E-state index in [9.17, 15) is 4.79 Å². The highest BCUT2D eigenvalue weighted by Gasteiger charge is 2.14. The fourth-order valence-corrected chi connectivity index (χ4v) is 1.31. The molecule has 16 heavy (non-hydrogen) atoms. The second-order valence-electron chi connectivity index (χ2n) is 3.72. The molecular formula is C11H18N4O. The molecule has 0 unspecified atom stereocenters. The highest BCUT2D eigenvalue weighted by molar-refractivity contribution is 5.81. The van der Waals surface area contributed by atoms with Gasteiger partial charge in [0.25, 0.3) is 0 Å². The highest BCUT2D eigenvalue weighted by atomic mass is 16.2. The lowest BCUT2D eigenvalue weighted by Crippen LogP contribution is -2.37. The lowest BCUT2D eigenvalue weighted by molar-refractivity contribution is -0.127. The predicted molar refractivity (Wildman–Crippen MR) is 65.2 cm³/mol. The number of aromatic nitrogens is 1. The molecule has 1 aromatic rings. The van der Waals surface area contributed by atoms with E-state index in [0.29, 0.717) is 24.6 Å². The van der Waals surface area contributed by atoms with Gasteiger partial charge in [-0.05, 0) is 19.1 Å². The Bertz CT molecular complexity index is 365. The maximum Gasteiger partial charge on any atom is 0.241 e. The second-order valence-corrected chi connectivity index (χ2v) is 3.72. The first-order valence-corrected chi connectivity index (χ1v) is 5.21. The van der Waals surface area contributed by atoms with Crippen LogP contribution in [0.25, 0.3) is 0 Å². The van der Waals surface area contributed by atoms with Gasteiger partial charge in [-0.2, -0.15) is 0 Å². The number of rotatable bonds is 4. The van der Waals surface area contributed by atoms with Gasteiger partial charge in [-0.15, -0.1) is 0 Å². The van der Waals surface area contributed by atoms with Crippen molar-refractivity contribution in [3.05, 3.63) is 18.3 Å². The van der Waals surface area contributed by atoms with Gasteiger partial charge in [0.2, 0.25) is 5.91 Å². The summed E-state index contributed by atoms with van der Waals surface area (Å²) in [5, 5.41) is 0. The number of amides is 1. The van der Waals surface area contributed by atoms with Crippen LogP contribution in [0.5, 0.6) is 0 Å². The molecule has 0 saturated carbocycles. The van der Waals surface area contributed by atoms with Crippen molar-refractivity contribution < 1.29 is 4.79 Å². The topological polar surface area (TPSA) is 62.5 Å². The zero-order valence-electron chi connectivity index (χ0n) is 9.97. The van der Waals surface area contributed by atoms with Crippen molar-refractivity contribution in [2.45, 2.75) is 6.92 Å². The Kier molecular flexibility index (Phi) is 4.10. The standard InChI is InChI=1S/C11H18N4O/c1-4-15(8-10(16)14(2)3)11-9(12)6-5-7-13-11/h5-7H,4,8,12H2,1-3H3. The monoisotopic (exact) mass is 222 g/mol. The maximum absolute atomic E-state index is 11.6. The summed E-state index contributed by atoms with van der Waals surface area (Å²) in [4.78, 5) is 19.2. The number of pyridine rings is 1. The molecule has 0 aliphatic rings. The molecule has 0 fully saturated rings. The van der Waals surface area contributed by atoms with Gasteiger partial charge >= 0.3 is 0 Å². The maximum atomic E-state index is 11.6. The van der Waals surface area contributed by atoms with Gasteiger partial charge in [0.05, 0.1) is 12.2 Å². The minimum absolute atomic E-state index is 0.0342. The van der Waals surface area contributed by atoms with Crippen molar-refractivity contribution >= 4 is 17.4 Å². The summed E-state index contributed by atoms with van der Waals surface area (Å²) in [7, 11) is 3.47. The SMILES string of the molecule is CCN(CC(=O)N(C)C)c1ncccc1N. The van der Waals surface area contributed by atoms with Crippen LogP contribution in [0.3, 0.4) is 0 Å². The molecule has 1 aromatic heterocycles. The number of nitrogens with two attached hydrogens (primary N) is 1. The summed E-state index contributed by atoms with van der Waals surface area (Å²) < 4.78 is 0. The molecule has 0 saturated heterocycles. The predicted octanol–water partition coefficient (Wildman–Crippen LogP) is 0.578. The third-order valence-electron chi connectivity index (χ3n) is 2.32. The minimum atomic E-state index is 0.0342. The van der Waals surface area contributed by atoms with Gasteiger partial charge in [0.1, 0.15) is 0 Å². The average molecular weight is 222 g/mol. The van der Waals surface area contributed by atoms with E-state index >= 15 is 0 Å². The Morgan fingerprint density at radius 3 is 2.69 bits per heavy atom. The third kappa shape index (κ3) is 2.85. The van der Waals surface area contributed by atoms with E-state index in [0.717, 1.165) is 0 Å². The van der Waals surface area contributed by atoms with Crippen molar-refractivity contribution in [2.24, 2.45) is 0 Å². The highest BCUT2D eigenvalue weighted by Crippen LogP contribution is 2.18. The lowest BCUT2D eigenvalue weighted by atomic mass is 10.3. The average Bonchev–Trinajstić information content (AvgIpc) is 2.26. The molecule has 0 aliphatic carbocycles. The molecule has 1 heterocycles. The van der Waals surface area contributed by atoms with Crippen molar-refractivity contribution in [3.63, 3.8) is 0 Å². The largest absolute Gasteiger partial charge is 0.396 e. The van der Waals surface area contributed by atoms with Crippen LogP contribution in [0.2, 0.25) is 0 Å². The fraction of sp³-hybridized carbons (Fsp3) is 0.455. The normalized spacial score (nSPS) is 9.94. The molecule has 0 radical (unpaired) electrons. The van der Waals surface area contributed by atoms with Crippen LogP contribution in [-0.4, -0.2) is 43.0 Å². The summed E-state index contributed by atoms with van der Waals surface area (Å²) in [6, 6.07) is 3.56. The number of carbonyl (C=O) groups is 1. The molecule has 2 N–H and O–H groups in total. The van der Waals surface area contributed by atoms with Gasteiger partial charge in [0, 0.05) is 26.8 Å². The minimum Gasteiger partial charge on any atom is -0.396 e. The molecule has 0 spiro atoms. The first kappa shape index (κ1) is 12.3. The Morgan fingerprint density at radius 1 is 1.50 bits per heavy atom. The van der Waals surface area contributed by atoms with E-state index in [1.165, 1.54) is 0 Å². The molecule has 0 bridgehead atoms. The molecule has 0 aromatic carbocycles. The van der Waals surface area contributed by atoms with Gasteiger partial charge < -0.3 is 15.5 Å². The van der Waals surface area contributed by atoms with E-state index in [1.54, 1.807) is 37.3 Å². The smallest absolute Gasteiger partial charge is 0.241 e. The van der Waals surface area contributed by atoms with E-state index in [4.69, 9.17) is 5.73 Å². The number of hydrogen-bond acceptors (Lipinski definition) is 4. The number of likely N-dealkylation sites (N-methyl/N-ethyl adjacent to an activating group) is 2. The molecule has 5 heteroatoms. The Labute approximate surface area is 95.9 Å². The van der Waals surface area contributed by atoms with E-state index in [-0.39, 0.29) is 5.91 Å². The second kappa shape index (κ2) is 5.34. The van der Waals surface area contributed by atoms with Gasteiger partial charge in [0.15, 0.2) is 5.82 Å². The molecule has 0 atom stereocenters. The molecule has 88 valence electrons. The molecular weight excluding hydrogens is 204 g/mol. The zero-order chi connectivity index (χ0) is 12.1. The van der Waals surface area contributed by atoms with E-state index in [1.807, 2.05) is 11.8 Å². The van der Waals surface area contributed by atoms with Crippen molar-refractivity contribution in [1.29, 1.82) is 0 Å². The molecule has 1 rings (SSSR count). The summed E-state index contributed by atoms with van der Waals surface area (Å²) in [6.07, 6.45) is 1.68. The van der Waals surface area contributed by atoms with Gasteiger partial charge in [-0.1, -0.05) is 0 Å². The molecule has 0 aliphatic heterocycles. The third-order valence-corrected chi connectivity index (χ3v) is 2.32. The zero-order valence-corrected chi connectivity index (χ0v) is 9.97. The summed E-state index contributed by atoms with van der Waals surface area (Å²) >= 11 is 0. The van der Waals surface area contributed by atoms with Crippen molar-refractivity contribution in [2.75, 3.05) is 37.8 Å². The fourth-order valence-electron chi connectivity index (χ4n) is 1.31. The van der Waals surface area contributed by atoms with Crippen LogP contribution < -0.4 is 10.6 Å². The summed E-state index contributed by atoms with van der Waals surface area (Å²) in [5.41, 5.74) is 6.41. The van der Waals surface area contributed by atoms with Crippen LogP contribution in [0.1, 0.15) is 6.92 Å². The van der Waals surface area contributed by atoms with E-state index in [2.05, 4.69) is 4.98 Å². The van der Waals surface area contributed by atoms with E-state index < -0.39 is 0 Å². The van der Waals surface area contributed by atoms with Crippen LogP contribution >= 0.6 is 0 Å². The first-order chi connectivity index (χ1) is 7.56. The molecule has 1 amide bonds. The number of anilines is 2. The number of nitrogens with zero attached hydrogens (tertiary/aromatic N) is 3. The Hall–Kier alpha value is -1.78. The number of nitrogen functional groups attached to an aromatic ring is 1. The first-order valence-electron chi connectivity index (χ1n) is 5.21. The summed E-state index contributed by atoms with van der Waals surface area (Å²) in [5.74, 6) is 0.701. The number of carbonyl (C=O) groups excluding carboxylic acids is 1. The Balaban J connectivity index is 2.83. The van der Waals surface area contributed by atoms with Crippen LogP contribution in [0.15, 0.2) is 18.3 Å².